The Labute approximate surface area is 160 Å². The molecule has 27 heavy (non-hydrogen) atoms. The van der Waals surface area contributed by atoms with Gasteiger partial charge in [-0.05, 0) is 37.7 Å². The number of hydrogen-bond acceptors (Lipinski definition) is 5. The van der Waals surface area contributed by atoms with Gasteiger partial charge in [-0.25, -0.2) is 0 Å². The van der Waals surface area contributed by atoms with Gasteiger partial charge in [0.05, 0.1) is 11.5 Å². The van der Waals surface area contributed by atoms with Crippen molar-refractivity contribution in [2.45, 2.75) is 26.8 Å². The van der Waals surface area contributed by atoms with Crippen LogP contribution in [-0.4, -0.2) is 41.8 Å². The topological polar surface area (TPSA) is 75.5 Å². The van der Waals surface area contributed by atoms with Crippen LogP contribution in [0.5, 0.6) is 0 Å². The van der Waals surface area contributed by atoms with Crippen LogP contribution >= 0.6 is 0 Å². The van der Waals surface area contributed by atoms with Gasteiger partial charge in [0.15, 0.2) is 5.78 Å². The van der Waals surface area contributed by atoms with Gasteiger partial charge in [0.1, 0.15) is 0 Å². The molecule has 1 N–H and O–H groups in total. The molecule has 0 aliphatic heterocycles. The highest BCUT2D eigenvalue weighted by atomic mass is 16.6. The van der Waals surface area contributed by atoms with Gasteiger partial charge in [0.2, 0.25) is 0 Å². The normalized spacial score (nSPS) is 12.1. The molecule has 144 valence electrons. The SMILES string of the molecule is CCN(CC)C(CNCC(=O)c1ccc([N+](=O)[O-])cc1)c1ccc(C)cc1. The van der Waals surface area contributed by atoms with E-state index in [1.54, 1.807) is 0 Å². The van der Waals surface area contributed by atoms with E-state index in [1.807, 2.05) is 0 Å². The quantitative estimate of drug-likeness (QED) is 0.392. The molecular formula is C21H27N3O3. The molecule has 0 aliphatic carbocycles. The fourth-order valence-corrected chi connectivity index (χ4v) is 3.10. The molecule has 0 amide bonds. The number of carbonyl (C=O) groups is 1. The summed E-state index contributed by atoms with van der Waals surface area (Å²) in [6, 6.07) is 14.4. The standard InChI is InChI=1S/C21H27N3O3/c1-4-23(5-2)20(17-8-6-16(3)7-9-17)14-22-15-21(25)18-10-12-19(13-11-18)24(26)27/h6-13,20,22H,4-5,14-15H2,1-3H3. The molecule has 2 aromatic carbocycles. The van der Waals surface area contributed by atoms with Crippen molar-refractivity contribution in [3.8, 4) is 0 Å². The predicted octanol–water partition coefficient (Wildman–Crippen LogP) is 3.76. The number of hydrogen-bond donors (Lipinski definition) is 1. The average Bonchev–Trinajstić information content (AvgIpc) is 2.68. The second kappa shape index (κ2) is 9.94. The molecule has 0 aromatic heterocycles. The van der Waals surface area contributed by atoms with Crippen molar-refractivity contribution in [2.75, 3.05) is 26.2 Å². The number of aryl methyl sites for hydroxylation is 1. The minimum absolute atomic E-state index is 0.0134. The lowest BCUT2D eigenvalue weighted by atomic mass is 10.0. The number of nitro benzene ring substituents is 1. The minimum Gasteiger partial charge on any atom is -0.308 e. The number of Topliss-reactive ketones (excluding diaryl/α,β-unsaturated/α-hetero) is 1. The first-order valence-electron chi connectivity index (χ1n) is 9.25. The van der Waals surface area contributed by atoms with E-state index in [4.69, 9.17) is 0 Å². The number of carbonyl (C=O) groups excluding carboxylic acids is 1. The molecular weight excluding hydrogens is 342 g/mol. The Bertz CT molecular complexity index is 753. The van der Waals surface area contributed by atoms with Crippen LogP contribution in [0.4, 0.5) is 5.69 Å². The summed E-state index contributed by atoms with van der Waals surface area (Å²) in [4.78, 5) is 24.9. The Balaban J connectivity index is 2.00. The first kappa shape index (κ1) is 20.7. The van der Waals surface area contributed by atoms with Gasteiger partial charge in [-0.3, -0.25) is 19.8 Å². The van der Waals surface area contributed by atoms with Crippen LogP contribution in [0, 0.1) is 17.0 Å². The van der Waals surface area contributed by atoms with Gasteiger partial charge in [0.25, 0.3) is 5.69 Å². The smallest absolute Gasteiger partial charge is 0.269 e. The Hall–Kier alpha value is -2.57. The van der Waals surface area contributed by atoms with Gasteiger partial charge in [-0.1, -0.05) is 43.7 Å². The first-order valence-corrected chi connectivity index (χ1v) is 9.25. The van der Waals surface area contributed by atoms with Crippen molar-refractivity contribution in [3.05, 3.63) is 75.3 Å². The van der Waals surface area contributed by atoms with Crippen molar-refractivity contribution in [1.29, 1.82) is 0 Å². The summed E-state index contributed by atoms with van der Waals surface area (Å²) in [7, 11) is 0. The first-order chi connectivity index (χ1) is 13.0. The second-order valence-electron chi connectivity index (χ2n) is 6.51. The highest BCUT2D eigenvalue weighted by Crippen LogP contribution is 2.20. The van der Waals surface area contributed by atoms with Gasteiger partial charge in [0, 0.05) is 30.3 Å². The molecule has 0 fully saturated rings. The van der Waals surface area contributed by atoms with Gasteiger partial charge in [-0.15, -0.1) is 0 Å². The van der Waals surface area contributed by atoms with Crippen LogP contribution in [-0.2, 0) is 0 Å². The molecule has 0 aliphatic rings. The van der Waals surface area contributed by atoms with E-state index in [2.05, 4.69) is 55.3 Å². The maximum atomic E-state index is 12.4. The van der Waals surface area contributed by atoms with E-state index in [9.17, 15) is 14.9 Å². The van der Waals surface area contributed by atoms with E-state index in [0.29, 0.717) is 12.1 Å². The highest BCUT2D eigenvalue weighted by Gasteiger charge is 2.18. The summed E-state index contributed by atoms with van der Waals surface area (Å²) >= 11 is 0. The van der Waals surface area contributed by atoms with E-state index in [-0.39, 0.29) is 24.1 Å². The maximum absolute atomic E-state index is 12.4. The summed E-state index contributed by atoms with van der Waals surface area (Å²) in [5, 5.41) is 14.0. The third-order valence-corrected chi connectivity index (χ3v) is 4.74. The molecule has 0 heterocycles. The minimum atomic E-state index is -0.469. The average molecular weight is 369 g/mol. The van der Waals surface area contributed by atoms with Crippen LogP contribution in [0.15, 0.2) is 48.5 Å². The summed E-state index contributed by atoms with van der Waals surface area (Å²) in [6.07, 6.45) is 0. The Kier molecular flexibility index (Phi) is 7.64. The zero-order chi connectivity index (χ0) is 19.8. The summed E-state index contributed by atoms with van der Waals surface area (Å²) in [5.74, 6) is -0.0768. The lowest BCUT2D eigenvalue weighted by Gasteiger charge is -2.30. The molecule has 2 rings (SSSR count). The van der Waals surface area contributed by atoms with Crippen LogP contribution in [0.1, 0.15) is 41.4 Å². The number of ketones is 1. The lowest BCUT2D eigenvalue weighted by Crippen LogP contribution is -2.37. The molecule has 6 nitrogen and oxygen atoms in total. The molecule has 0 radical (unpaired) electrons. The van der Waals surface area contributed by atoms with Crippen LogP contribution < -0.4 is 5.32 Å². The van der Waals surface area contributed by atoms with Crippen molar-refractivity contribution in [2.24, 2.45) is 0 Å². The zero-order valence-corrected chi connectivity index (χ0v) is 16.1. The second-order valence-corrected chi connectivity index (χ2v) is 6.51. The van der Waals surface area contributed by atoms with E-state index >= 15 is 0 Å². The number of nitrogens with one attached hydrogen (secondary N) is 1. The molecule has 0 saturated heterocycles. The van der Waals surface area contributed by atoms with Crippen molar-refractivity contribution in [1.82, 2.24) is 10.2 Å². The summed E-state index contributed by atoms with van der Waals surface area (Å²) < 4.78 is 0. The third-order valence-electron chi connectivity index (χ3n) is 4.74. The fourth-order valence-electron chi connectivity index (χ4n) is 3.10. The van der Waals surface area contributed by atoms with Crippen molar-refractivity contribution in [3.63, 3.8) is 0 Å². The largest absolute Gasteiger partial charge is 0.308 e. The lowest BCUT2D eigenvalue weighted by molar-refractivity contribution is -0.384. The van der Waals surface area contributed by atoms with Gasteiger partial charge >= 0.3 is 0 Å². The van der Waals surface area contributed by atoms with E-state index < -0.39 is 4.92 Å². The zero-order valence-electron chi connectivity index (χ0n) is 16.1. The predicted molar refractivity (Wildman–Crippen MR) is 107 cm³/mol. The molecule has 0 spiro atoms. The number of nitro groups is 1. The molecule has 1 unspecified atom stereocenters. The van der Waals surface area contributed by atoms with Gasteiger partial charge in [-0.2, -0.15) is 0 Å². The monoisotopic (exact) mass is 369 g/mol. The molecule has 1 atom stereocenters. The van der Waals surface area contributed by atoms with E-state index in [1.165, 1.54) is 35.4 Å². The number of rotatable bonds is 10. The maximum Gasteiger partial charge on any atom is 0.269 e. The number of likely N-dealkylation sites (N-methyl/N-ethyl adjacent to an activating group) is 1. The number of non-ortho nitro benzene ring substituents is 1. The summed E-state index contributed by atoms with van der Waals surface area (Å²) in [5.41, 5.74) is 2.90. The van der Waals surface area contributed by atoms with Crippen LogP contribution in [0.3, 0.4) is 0 Å². The summed E-state index contributed by atoms with van der Waals surface area (Å²) in [6.45, 7) is 9.03. The Morgan fingerprint density at radius 1 is 1.07 bits per heavy atom. The highest BCUT2D eigenvalue weighted by molar-refractivity contribution is 5.97. The van der Waals surface area contributed by atoms with Gasteiger partial charge < -0.3 is 5.32 Å². The molecule has 0 bridgehead atoms. The molecule has 0 saturated carbocycles. The van der Waals surface area contributed by atoms with Crippen LogP contribution in [0.25, 0.3) is 0 Å². The van der Waals surface area contributed by atoms with Crippen molar-refractivity contribution < 1.29 is 9.72 Å². The fraction of sp³-hybridized carbons (Fsp3) is 0.381. The number of nitrogens with zero attached hydrogens (tertiary/aromatic N) is 2. The number of benzene rings is 2. The molecule has 6 heteroatoms. The third kappa shape index (κ3) is 5.70. The Morgan fingerprint density at radius 3 is 2.19 bits per heavy atom. The van der Waals surface area contributed by atoms with E-state index in [0.717, 1.165) is 13.1 Å². The van der Waals surface area contributed by atoms with Crippen molar-refractivity contribution >= 4 is 11.5 Å². The molecule has 2 aromatic rings. The van der Waals surface area contributed by atoms with Crippen LogP contribution in [0.2, 0.25) is 0 Å². The Morgan fingerprint density at radius 2 is 1.67 bits per heavy atom.